The van der Waals surface area contributed by atoms with Crippen molar-refractivity contribution in [2.45, 2.75) is 24.9 Å². The second kappa shape index (κ2) is 7.85. The van der Waals surface area contributed by atoms with Crippen LogP contribution in [0.15, 0.2) is 12.7 Å². The van der Waals surface area contributed by atoms with Crippen molar-refractivity contribution in [3.8, 4) is 0 Å². The summed E-state index contributed by atoms with van der Waals surface area (Å²) in [5.41, 5.74) is 0. The maximum atomic E-state index is 8.98. The van der Waals surface area contributed by atoms with Gasteiger partial charge in [-0.05, 0) is 12.8 Å². The van der Waals surface area contributed by atoms with Crippen LogP contribution < -0.4 is 4.90 Å². The first kappa shape index (κ1) is 18.1. The van der Waals surface area contributed by atoms with Gasteiger partial charge in [0.2, 0.25) is 5.95 Å². The van der Waals surface area contributed by atoms with Crippen LogP contribution in [-0.2, 0) is 0 Å². The lowest BCUT2D eigenvalue weighted by Crippen LogP contribution is -2.37. The molecule has 0 atom stereocenters. The molecule has 0 saturated carbocycles. The predicted octanol–water partition coefficient (Wildman–Crippen LogP) is -2.71. The Morgan fingerprint density at radius 1 is 0.810 bits per heavy atom. The molecule has 1 aromatic heterocycles. The molecule has 21 heavy (non-hydrogen) atoms. The Hall–Kier alpha value is -0.996. The molecule has 0 saturated heterocycles. The van der Waals surface area contributed by atoms with E-state index < -0.39 is 17.6 Å². The van der Waals surface area contributed by atoms with E-state index in [-0.39, 0.29) is 12.1 Å². The minimum Gasteiger partial charge on any atom is -0.390 e. The van der Waals surface area contributed by atoms with Crippen LogP contribution >= 0.6 is 0 Å². The van der Waals surface area contributed by atoms with Gasteiger partial charge in [0.1, 0.15) is 12.7 Å². The Morgan fingerprint density at radius 3 is 1.62 bits per heavy atom. The molecule has 1 heterocycles. The summed E-state index contributed by atoms with van der Waals surface area (Å²) >= 11 is 0. The molecule has 6 N–H and O–H groups in total. The number of nitrogens with zero attached hydrogens (tertiary/aromatic N) is 4. The SMILES string of the molecule is O[Si](O)(O)CCCN(CCC[Si](O)(O)O)c1ncncn1. The van der Waals surface area contributed by atoms with Gasteiger partial charge in [-0.2, -0.15) is 0 Å². The van der Waals surface area contributed by atoms with E-state index >= 15 is 0 Å². The van der Waals surface area contributed by atoms with Crippen LogP contribution in [0.1, 0.15) is 12.8 Å². The van der Waals surface area contributed by atoms with Gasteiger partial charge in [0.15, 0.2) is 0 Å². The number of aromatic nitrogens is 3. The normalized spacial score (nSPS) is 12.5. The molecule has 0 aromatic carbocycles. The standard InChI is InChI=1S/C9H20N4O6Si2/c14-20(15,16)5-1-3-13(4-2-6-21(17,18)19)9-11-7-10-8-12-9/h7-8,14-19H,1-6H2. The summed E-state index contributed by atoms with van der Waals surface area (Å²) in [6.07, 6.45) is 3.23. The van der Waals surface area contributed by atoms with Gasteiger partial charge in [-0.1, -0.05) is 0 Å². The van der Waals surface area contributed by atoms with Crippen molar-refractivity contribution in [3.05, 3.63) is 12.7 Å². The Bertz CT molecular complexity index is 393. The highest BCUT2D eigenvalue weighted by molar-refractivity contribution is 6.56. The number of rotatable bonds is 9. The molecule has 1 rings (SSSR count). The smallest absolute Gasteiger partial charge is 0.390 e. The van der Waals surface area contributed by atoms with Crippen LogP contribution in [0.3, 0.4) is 0 Å². The van der Waals surface area contributed by atoms with Gasteiger partial charge < -0.3 is 33.7 Å². The molecule has 0 amide bonds. The summed E-state index contributed by atoms with van der Waals surface area (Å²) in [7, 11) is -8.16. The summed E-state index contributed by atoms with van der Waals surface area (Å²) in [6.45, 7) is 0.689. The summed E-state index contributed by atoms with van der Waals surface area (Å²) in [5.74, 6) is 0.354. The summed E-state index contributed by atoms with van der Waals surface area (Å²) in [5, 5.41) is 0. The summed E-state index contributed by atoms with van der Waals surface area (Å²) < 4.78 is 0. The zero-order valence-electron chi connectivity index (χ0n) is 11.4. The summed E-state index contributed by atoms with van der Waals surface area (Å²) in [4.78, 5) is 67.2. The van der Waals surface area contributed by atoms with Gasteiger partial charge in [0.25, 0.3) is 0 Å². The zero-order chi connectivity index (χ0) is 15.9. The molecule has 12 heteroatoms. The van der Waals surface area contributed by atoms with Gasteiger partial charge in [0, 0.05) is 25.2 Å². The van der Waals surface area contributed by atoms with E-state index in [2.05, 4.69) is 15.0 Å². The fourth-order valence-corrected chi connectivity index (χ4v) is 2.99. The molecule has 0 spiro atoms. The number of hydrogen-bond donors (Lipinski definition) is 6. The zero-order valence-corrected chi connectivity index (χ0v) is 13.4. The third-order valence-electron chi connectivity index (χ3n) is 2.64. The maximum absolute atomic E-state index is 8.98. The third-order valence-corrected chi connectivity index (χ3v) is 4.69. The van der Waals surface area contributed by atoms with Crippen LogP contribution in [0.5, 0.6) is 0 Å². The third kappa shape index (κ3) is 8.79. The topological polar surface area (TPSA) is 163 Å². The highest BCUT2D eigenvalue weighted by atomic mass is 28.4. The number of hydrogen-bond acceptors (Lipinski definition) is 10. The molecule has 0 bridgehead atoms. The quantitative estimate of drug-likeness (QED) is 0.261. The van der Waals surface area contributed by atoms with E-state index in [1.165, 1.54) is 12.7 Å². The van der Waals surface area contributed by atoms with Crippen LogP contribution in [-0.4, -0.2) is 74.4 Å². The van der Waals surface area contributed by atoms with Crippen molar-refractivity contribution in [2.24, 2.45) is 0 Å². The highest BCUT2D eigenvalue weighted by Crippen LogP contribution is 2.12. The van der Waals surface area contributed by atoms with E-state index in [0.717, 1.165) is 0 Å². The van der Waals surface area contributed by atoms with Crippen LogP contribution in [0, 0.1) is 0 Å². The molecule has 1 aromatic rings. The lowest BCUT2D eigenvalue weighted by Gasteiger charge is -2.23. The predicted molar refractivity (Wildman–Crippen MR) is 75.7 cm³/mol. The first-order valence-electron chi connectivity index (χ1n) is 6.38. The van der Waals surface area contributed by atoms with Crippen LogP contribution in [0.4, 0.5) is 5.95 Å². The lowest BCUT2D eigenvalue weighted by atomic mass is 10.3. The molecular weight excluding hydrogens is 316 g/mol. The van der Waals surface area contributed by atoms with Crippen molar-refractivity contribution in [1.29, 1.82) is 0 Å². The molecule has 0 fully saturated rings. The average Bonchev–Trinajstić information content (AvgIpc) is 2.35. The van der Waals surface area contributed by atoms with Crippen LogP contribution in [0.2, 0.25) is 12.1 Å². The fourth-order valence-electron chi connectivity index (χ4n) is 1.72. The Kier molecular flexibility index (Phi) is 6.75. The molecular formula is C9H20N4O6Si2. The molecule has 120 valence electrons. The first-order chi connectivity index (χ1) is 9.67. The van der Waals surface area contributed by atoms with E-state index in [4.69, 9.17) is 28.8 Å². The summed E-state index contributed by atoms with van der Waals surface area (Å²) in [6, 6.07) is -0.236. The van der Waals surface area contributed by atoms with E-state index in [1.54, 1.807) is 4.90 Å². The van der Waals surface area contributed by atoms with Crippen molar-refractivity contribution >= 4 is 23.6 Å². The molecule has 10 nitrogen and oxygen atoms in total. The fraction of sp³-hybridized carbons (Fsp3) is 0.667. The first-order valence-corrected chi connectivity index (χ1v) is 10.5. The molecule has 0 aliphatic heterocycles. The number of anilines is 1. The van der Waals surface area contributed by atoms with Crippen molar-refractivity contribution < 1.29 is 28.8 Å². The minimum absolute atomic E-state index is 0.118. The van der Waals surface area contributed by atoms with Crippen molar-refractivity contribution in [3.63, 3.8) is 0 Å². The molecule has 0 aliphatic rings. The van der Waals surface area contributed by atoms with Gasteiger partial charge in [-0.3, -0.25) is 0 Å². The Labute approximate surface area is 123 Å². The minimum atomic E-state index is -4.08. The largest absolute Gasteiger partial charge is 0.492 e. The Morgan fingerprint density at radius 2 is 1.24 bits per heavy atom. The van der Waals surface area contributed by atoms with Gasteiger partial charge in [-0.25, -0.2) is 15.0 Å². The Balaban J connectivity index is 2.55. The second-order valence-electron chi connectivity index (χ2n) is 4.68. The maximum Gasteiger partial charge on any atom is 0.492 e. The molecule has 0 aliphatic carbocycles. The molecule has 0 radical (unpaired) electrons. The van der Waals surface area contributed by atoms with Crippen LogP contribution in [0.25, 0.3) is 0 Å². The van der Waals surface area contributed by atoms with E-state index in [9.17, 15) is 0 Å². The van der Waals surface area contributed by atoms with Gasteiger partial charge in [0.05, 0.1) is 0 Å². The van der Waals surface area contributed by atoms with Crippen molar-refractivity contribution in [2.75, 3.05) is 18.0 Å². The highest BCUT2D eigenvalue weighted by Gasteiger charge is 2.28. The average molecular weight is 336 g/mol. The molecule has 0 unspecified atom stereocenters. The van der Waals surface area contributed by atoms with Gasteiger partial charge in [-0.15, -0.1) is 0 Å². The van der Waals surface area contributed by atoms with Crippen molar-refractivity contribution in [1.82, 2.24) is 15.0 Å². The van der Waals surface area contributed by atoms with Gasteiger partial charge >= 0.3 is 17.6 Å². The van der Waals surface area contributed by atoms with E-state index in [0.29, 0.717) is 31.9 Å². The van der Waals surface area contributed by atoms with E-state index in [1.807, 2.05) is 0 Å². The lowest BCUT2D eigenvalue weighted by molar-refractivity contribution is 0.225. The second-order valence-corrected chi connectivity index (χ2v) is 8.78. The monoisotopic (exact) mass is 336 g/mol.